The lowest BCUT2D eigenvalue weighted by Crippen LogP contribution is -2.01. The molecule has 0 radical (unpaired) electrons. The Morgan fingerprint density at radius 3 is 2.87 bits per heavy atom. The van der Waals surface area contributed by atoms with E-state index in [4.69, 9.17) is 11.6 Å². The van der Waals surface area contributed by atoms with Gasteiger partial charge in [0.15, 0.2) is 0 Å². The van der Waals surface area contributed by atoms with Crippen molar-refractivity contribution in [3.63, 3.8) is 0 Å². The van der Waals surface area contributed by atoms with Crippen LogP contribution in [0.25, 0.3) is 6.08 Å². The van der Waals surface area contributed by atoms with Gasteiger partial charge in [0.1, 0.15) is 11.3 Å². The fourth-order valence-electron chi connectivity index (χ4n) is 1.12. The lowest BCUT2D eigenvalue weighted by atomic mass is 10.1. The van der Waals surface area contributed by atoms with E-state index < -0.39 is 5.97 Å². The summed E-state index contributed by atoms with van der Waals surface area (Å²) in [6.07, 6.45) is 3.50. The second-order valence-electron chi connectivity index (χ2n) is 2.82. The van der Waals surface area contributed by atoms with Crippen LogP contribution < -0.4 is 0 Å². The Morgan fingerprint density at radius 2 is 2.33 bits per heavy atom. The Morgan fingerprint density at radius 1 is 1.60 bits per heavy atom. The third kappa shape index (κ3) is 2.99. The number of ether oxygens (including phenoxy) is 1. The van der Waals surface area contributed by atoms with Crippen LogP contribution >= 0.6 is 11.6 Å². The van der Waals surface area contributed by atoms with E-state index in [1.165, 1.54) is 19.2 Å². The van der Waals surface area contributed by atoms with Crippen molar-refractivity contribution in [2.45, 2.75) is 0 Å². The van der Waals surface area contributed by atoms with E-state index in [0.717, 1.165) is 5.56 Å². The Labute approximate surface area is 92.9 Å². The number of carbonyl (C=O) groups excluding carboxylic acids is 1. The summed E-state index contributed by atoms with van der Waals surface area (Å²) in [4.78, 5) is 11.1. The highest BCUT2D eigenvalue weighted by Crippen LogP contribution is 2.20. The summed E-state index contributed by atoms with van der Waals surface area (Å²) in [5.41, 5.74) is 0.932. The maximum absolute atomic E-state index is 11.1. The van der Waals surface area contributed by atoms with Crippen LogP contribution in [0.5, 0.6) is 5.75 Å². The Kier molecular flexibility index (Phi) is 4.18. The minimum atomic E-state index is -0.555. The molecular formula is C11H11ClO3. The van der Waals surface area contributed by atoms with E-state index in [2.05, 4.69) is 4.74 Å². The molecule has 4 heteroatoms. The van der Waals surface area contributed by atoms with Gasteiger partial charge in [-0.2, -0.15) is 0 Å². The van der Waals surface area contributed by atoms with E-state index in [1.54, 1.807) is 18.2 Å². The predicted molar refractivity (Wildman–Crippen MR) is 59.2 cm³/mol. The molecular weight excluding hydrogens is 216 g/mol. The molecule has 0 bridgehead atoms. The van der Waals surface area contributed by atoms with Gasteiger partial charge in [-0.05, 0) is 17.7 Å². The normalized spacial score (nSPS) is 10.5. The first-order valence-corrected chi connectivity index (χ1v) is 4.86. The Hall–Kier alpha value is -1.48. The van der Waals surface area contributed by atoms with Gasteiger partial charge >= 0.3 is 5.97 Å². The fourth-order valence-corrected chi connectivity index (χ4v) is 1.20. The third-order valence-electron chi connectivity index (χ3n) is 1.83. The smallest absolute Gasteiger partial charge is 0.341 e. The lowest BCUT2D eigenvalue weighted by molar-refractivity contribution is 0.0597. The van der Waals surface area contributed by atoms with Crippen LogP contribution in [0.4, 0.5) is 0 Å². The van der Waals surface area contributed by atoms with Gasteiger partial charge in [0.2, 0.25) is 0 Å². The molecule has 0 unspecified atom stereocenters. The van der Waals surface area contributed by atoms with Crippen LogP contribution in [0.1, 0.15) is 15.9 Å². The average Bonchev–Trinajstić information content (AvgIpc) is 2.25. The number of phenols is 1. The zero-order valence-electron chi connectivity index (χ0n) is 8.24. The van der Waals surface area contributed by atoms with E-state index in [0.29, 0.717) is 5.88 Å². The van der Waals surface area contributed by atoms with E-state index in [9.17, 15) is 9.90 Å². The Bertz CT molecular complexity index is 385. The van der Waals surface area contributed by atoms with Crippen LogP contribution in [-0.4, -0.2) is 24.1 Å². The molecule has 0 heterocycles. The number of carbonyl (C=O) groups is 1. The maximum Gasteiger partial charge on any atom is 0.341 e. The second-order valence-corrected chi connectivity index (χ2v) is 3.13. The molecule has 1 aromatic rings. The molecule has 0 aliphatic carbocycles. The lowest BCUT2D eigenvalue weighted by Gasteiger charge is -2.03. The summed E-state index contributed by atoms with van der Waals surface area (Å²) < 4.78 is 4.50. The van der Waals surface area contributed by atoms with Crippen molar-refractivity contribution in [3.05, 3.63) is 35.4 Å². The van der Waals surface area contributed by atoms with E-state index in [1.807, 2.05) is 0 Å². The first-order valence-electron chi connectivity index (χ1n) is 4.33. The van der Waals surface area contributed by atoms with Crippen LogP contribution in [0.3, 0.4) is 0 Å². The number of aromatic hydroxyl groups is 1. The standard InChI is InChI=1S/C11H11ClO3/c1-15-11(14)9-5-4-8(3-2-6-12)7-10(9)13/h2-5,7,13H,6H2,1H3. The third-order valence-corrected chi connectivity index (χ3v) is 2.00. The molecule has 1 aromatic carbocycles. The zero-order chi connectivity index (χ0) is 11.3. The minimum Gasteiger partial charge on any atom is -0.507 e. The highest BCUT2D eigenvalue weighted by atomic mass is 35.5. The molecule has 0 spiro atoms. The number of phenolic OH excluding ortho intramolecular Hbond substituents is 1. The summed E-state index contributed by atoms with van der Waals surface area (Å²) in [6, 6.07) is 4.69. The molecule has 0 atom stereocenters. The number of alkyl halides is 1. The van der Waals surface area contributed by atoms with Gasteiger partial charge in [-0.1, -0.05) is 18.2 Å². The summed E-state index contributed by atoms with van der Waals surface area (Å²) in [6.45, 7) is 0. The van der Waals surface area contributed by atoms with Gasteiger partial charge < -0.3 is 9.84 Å². The topological polar surface area (TPSA) is 46.5 Å². The first kappa shape index (κ1) is 11.6. The maximum atomic E-state index is 11.1. The van der Waals surface area contributed by atoms with Crippen LogP contribution in [0.2, 0.25) is 0 Å². The van der Waals surface area contributed by atoms with Gasteiger partial charge in [0, 0.05) is 5.88 Å². The average molecular weight is 227 g/mol. The molecule has 3 nitrogen and oxygen atoms in total. The number of benzene rings is 1. The van der Waals surface area contributed by atoms with Crippen molar-refractivity contribution in [1.82, 2.24) is 0 Å². The van der Waals surface area contributed by atoms with Crippen molar-refractivity contribution in [3.8, 4) is 5.75 Å². The second kappa shape index (κ2) is 5.41. The van der Waals surface area contributed by atoms with Crippen LogP contribution in [-0.2, 0) is 4.74 Å². The zero-order valence-corrected chi connectivity index (χ0v) is 8.99. The Balaban J connectivity index is 2.98. The van der Waals surface area contributed by atoms with Crippen molar-refractivity contribution in [1.29, 1.82) is 0 Å². The number of methoxy groups -OCH3 is 1. The van der Waals surface area contributed by atoms with Gasteiger partial charge in [0.05, 0.1) is 7.11 Å². The number of hydrogen-bond donors (Lipinski definition) is 1. The largest absolute Gasteiger partial charge is 0.507 e. The summed E-state index contributed by atoms with van der Waals surface area (Å²) in [5.74, 6) is -0.251. The monoisotopic (exact) mass is 226 g/mol. The molecule has 0 aliphatic heterocycles. The molecule has 80 valence electrons. The molecule has 0 aliphatic rings. The van der Waals surface area contributed by atoms with E-state index in [-0.39, 0.29) is 11.3 Å². The molecule has 0 amide bonds. The van der Waals surface area contributed by atoms with E-state index >= 15 is 0 Å². The van der Waals surface area contributed by atoms with Crippen molar-refractivity contribution < 1.29 is 14.6 Å². The number of halogens is 1. The molecule has 1 rings (SSSR count). The molecule has 1 N–H and O–H groups in total. The van der Waals surface area contributed by atoms with Crippen molar-refractivity contribution in [2.75, 3.05) is 13.0 Å². The molecule has 0 fully saturated rings. The van der Waals surface area contributed by atoms with Gasteiger partial charge in [0.25, 0.3) is 0 Å². The molecule has 0 saturated carbocycles. The minimum absolute atomic E-state index is 0.0985. The predicted octanol–water partition coefficient (Wildman–Crippen LogP) is 2.43. The van der Waals surface area contributed by atoms with Crippen molar-refractivity contribution in [2.24, 2.45) is 0 Å². The number of esters is 1. The summed E-state index contributed by atoms with van der Waals surface area (Å²) >= 11 is 5.47. The number of rotatable bonds is 3. The van der Waals surface area contributed by atoms with Crippen LogP contribution in [0, 0.1) is 0 Å². The van der Waals surface area contributed by atoms with Gasteiger partial charge in [-0.3, -0.25) is 0 Å². The summed E-state index contributed by atoms with van der Waals surface area (Å²) in [5, 5.41) is 9.52. The van der Waals surface area contributed by atoms with Gasteiger partial charge in [-0.25, -0.2) is 4.79 Å². The molecule has 15 heavy (non-hydrogen) atoms. The SMILES string of the molecule is COC(=O)c1ccc(C=CCCl)cc1O. The van der Waals surface area contributed by atoms with Crippen LogP contribution in [0.15, 0.2) is 24.3 Å². The quantitative estimate of drug-likeness (QED) is 0.636. The number of allylic oxidation sites excluding steroid dienone is 1. The summed E-state index contributed by atoms with van der Waals surface area (Å²) in [7, 11) is 1.27. The molecule has 0 aromatic heterocycles. The highest BCUT2D eigenvalue weighted by molar-refractivity contribution is 6.19. The fraction of sp³-hybridized carbons (Fsp3) is 0.182. The van der Waals surface area contributed by atoms with Crippen molar-refractivity contribution >= 4 is 23.6 Å². The van der Waals surface area contributed by atoms with Gasteiger partial charge in [-0.15, -0.1) is 11.6 Å². The number of hydrogen-bond acceptors (Lipinski definition) is 3. The molecule has 0 saturated heterocycles. The first-order chi connectivity index (χ1) is 7.19. The highest BCUT2D eigenvalue weighted by Gasteiger charge is 2.10.